The second kappa shape index (κ2) is 7.23. The van der Waals surface area contributed by atoms with Gasteiger partial charge >= 0.3 is 6.18 Å². The van der Waals surface area contributed by atoms with E-state index in [1.54, 1.807) is 24.3 Å². The van der Waals surface area contributed by atoms with Gasteiger partial charge in [-0.25, -0.2) is 0 Å². The van der Waals surface area contributed by atoms with Crippen molar-refractivity contribution in [1.29, 1.82) is 0 Å². The highest BCUT2D eigenvalue weighted by Gasteiger charge is 2.56. The fourth-order valence-electron chi connectivity index (χ4n) is 2.75. The molecule has 1 saturated carbocycles. The predicted octanol–water partition coefficient (Wildman–Crippen LogP) is 4.39. The molecule has 3 rings (SSSR count). The van der Waals surface area contributed by atoms with E-state index in [1.807, 2.05) is 0 Å². The molecule has 8 heteroatoms. The maximum atomic E-state index is 13.1. The van der Waals surface area contributed by atoms with E-state index in [2.05, 4.69) is 10.6 Å². The second-order valence-electron chi connectivity index (χ2n) is 6.35. The highest BCUT2D eigenvalue weighted by Crippen LogP contribution is 2.47. The van der Waals surface area contributed by atoms with Gasteiger partial charge in [0.1, 0.15) is 5.41 Å². The molecular weight excluding hydrogens is 381 g/mol. The third-order valence-corrected chi connectivity index (χ3v) is 4.87. The van der Waals surface area contributed by atoms with Gasteiger partial charge in [-0.3, -0.25) is 9.59 Å². The molecule has 0 saturated heterocycles. The molecule has 27 heavy (non-hydrogen) atoms. The summed E-state index contributed by atoms with van der Waals surface area (Å²) in [5, 5.41) is 5.39. The third kappa shape index (κ3) is 4.08. The van der Waals surface area contributed by atoms with Crippen LogP contribution < -0.4 is 10.6 Å². The van der Waals surface area contributed by atoms with Crippen molar-refractivity contribution in [1.82, 2.24) is 5.32 Å². The van der Waals surface area contributed by atoms with Gasteiger partial charge < -0.3 is 10.6 Å². The normalized spacial score (nSPS) is 15.1. The average molecular weight is 397 g/mol. The van der Waals surface area contributed by atoms with E-state index >= 15 is 0 Å². The Hall–Kier alpha value is -2.54. The molecule has 1 aliphatic rings. The van der Waals surface area contributed by atoms with Crippen molar-refractivity contribution in [2.45, 2.75) is 25.6 Å². The SMILES string of the molecule is O=C(NCc1ccccc1Cl)C1(C(=O)Nc2ccccc2C(F)(F)F)CC1. The fourth-order valence-corrected chi connectivity index (χ4v) is 2.95. The van der Waals surface area contributed by atoms with E-state index in [1.165, 1.54) is 18.2 Å². The molecule has 1 fully saturated rings. The predicted molar refractivity (Wildman–Crippen MR) is 95.0 cm³/mol. The van der Waals surface area contributed by atoms with Gasteiger partial charge in [0.05, 0.1) is 11.3 Å². The van der Waals surface area contributed by atoms with Gasteiger partial charge in [-0.1, -0.05) is 41.9 Å². The Morgan fingerprint density at radius 3 is 2.26 bits per heavy atom. The number of hydrogen-bond donors (Lipinski definition) is 2. The highest BCUT2D eigenvalue weighted by atomic mass is 35.5. The third-order valence-electron chi connectivity index (χ3n) is 4.50. The minimum Gasteiger partial charge on any atom is -0.351 e. The zero-order valence-corrected chi connectivity index (χ0v) is 14.8. The van der Waals surface area contributed by atoms with E-state index in [-0.39, 0.29) is 25.1 Å². The van der Waals surface area contributed by atoms with Crippen LogP contribution in [0.25, 0.3) is 0 Å². The van der Waals surface area contributed by atoms with Crippen LogP contribution in [0.3, 0.4) is 0 Å². The first kappa shape index (κ1) is 19.2. The molecule has 1 aliphatic carbocycles. The molecular formula is C19H16ClF3N2O2. The van der Waals surface area contributed by atoms with Crippen molar-refractivity contribution >= 4 is 29.1 Å². The number of amides is 2. The van der Waals surface area contributed by atoms with Crippen LogP contribution in [0.4, 0.5) is 18.9 Å². The Bertz CT molecular complexity index is 879. The minimum absolute atomic E-state index is 0.132. The topological polar surface area (TPSA) is 58.2 Å². The van der Waals surface area contributed by atoms with Crippen molar-refractivity contribution in [3.8, 4) is 0 Å². The molecule has 0 spiro atoms. The standard InChI is InChI=1S/C19H16ClF3N2O2/c20-14-7-3-1-5-12(14)11-24-16(26)18(9-10-18)17(27)25-15-8-4-2-6-13(15)19(21,22)23/h1-8H,9-11H2,(H,24,26)(H,25,27). The second-order valence-corrected chi connectivity index (χ2v) is 6.76. The van der Waals surface area contributed by atoms with Crippen LogP contribution in [0.2, 0.25) is 5.02 Å². The number of halogens is 4. The van der Waals surface area contributed by atoms with Crippen LogP contribution in [-0.4, -0.2) is 11.8 Å². The Morgan fingerprint density at radius 1 is 1.00 bits per heavy atom. The number of rotatable bonds is 5. The number of benzene rings is 2. The van der Waals surface area contributed by atoms with Gasteiger partial charge in [0, 0.05) is 11.6 Å². The molecule has 0 heterocycles. The summed E-state index contributed by atoms with van der Waals surface area (Å²) in [6, 6.07) is 11.6. The van der Waals surface area contributed by atoms with Gasteiger partial charge in [0.2, 0.25) is 11.8 Å². The average Bonchev–Trinajstić information content (AvgIpc) is 3.42. The van der Waals surface area contributed by atoms with Crippen molar-refractivity contribution < 1.29 is 22.8 Å². The Balaban J connectivity index is 1.70. The molecule has 0 unspecified atom stereocenters. The van der Waals surface area contributed by atoms with Crippen LogP contribution in [0.5, 0.6) is 0 Å². The Morgan fingerprint density at radius 2 is 1.63 bits per heavy atom. The van der Waals surface area contributed by atoms with E-state index in [0.29, 0.717) is 10.6 Å². The molecule has 0 aromatic heterocycles. The Labute approximate surface area is 158 Å². The zero-order valence-electron chi connectivity index (χ0n) is 14.1. The molecule has 4 nitrogen and oxygen atoms in total. The van der Waals surface area contributed by atoms with Crippen molar-refractivity contribution in [3.63, 3.8) is 0 Å². The van der Waals surface area contributed by atoms with Crippen LogP contribution >= 0.6 is 11.6 Å². The van der Waals surface area contributed by atoms with Crippen LogP contribution in [0.15, 0.2) is 48.5 Å². The lowest BCUT2D eigenvalue weighted by Gasteiger charge is -2.18. The van der Waals surface area contributed by atoms with E-state index < -0.39 is 29.0 Å². The van der Waals surface area contributed by atoms with Crippen LogP contribution in [0.1, 0.15) is 24.0 Å². The van der Waals surface area contributed by atoms with E-state index in [9.17, 15) is 22.8 Å². The first-order valence-corrected chi connectivity index (χ1v) is 8.61. The monoisotopic (exact) mass is 396 g/mol. The van der Waals surface area contributed by atoms with E-state index in [4.69, 9.17) is 11.6 Å². The summed E-state index contributed by atoms with van der Waals surface area (Å²) in [7, 11) is 0. The number of alkyl halides is 3. The molecule has 2 aromatic rings. The first-order valence-electron chi connectivity index (χ1n) is 8.23. The van der Waals surface area contributed by atoms with Crippen molar-refractivity contribution in [2.75, 3.05) is 5.32 Å². The summed E-state index contributed by atoms with van der Waals surface area (Å²) >= 11 is 6.03. The van der Waals surface area contributed by atoms with Crippen LogP contribution in [0, 0.1) is 5.41 Å². The lowest BCUT2D eigenvalue weighted by Crippen LogP contribution is -2.40. The number of anilines is 1. The summed E-state index contributed by atoms with van der Waals surface area (Å²) in [6.45, 7) is 0.132. The maximum Gasteiger partial charge on any atom is 0.418 e. The molecule has 142 valence electrons. The molecule has 0 aliphatic heterocycles. The number of carbonyl (C=O) groups is 2. The van der Waals surface area contributed by atoms with Gasteiger partial charge in [0.15, 0.2) is 0 Å². The van der Waals surface area contributed by atoms with E-state index in [0.717, 1.165) is 6.07 Å². The molecule has 0 bridgehead atoms. The lowest BCUT2D eigenvalue weighted by molar-refractivity contribution is -0.137. The van der Waals surface area contributed by atoms with Gasteiger partial charge in [-0.05, 0) is 36.6 Å². The zero-order chi connectivity index (χ0) is 19.7. The largest absolute Gasteiger partial charge is 0.418 e. The lowest BCUT2D eigenvalue weighted by atomic mass is 10.0. The Kier molecular flexibility index (Phi) is 5.15. The first-order chi connectivity index (χ1) is 12.7. The molecule has 0 radical (unpaired) electrons. The number of para-hydroxylation sites is 1. The number of hydrogen-bond acceptors (Lipinski definition) is 2. The van der Waals surface area contributed by atoms with Gasteiger partial charge in [0.25, 0.3) is 0 Å². The van der Waals surface area contributed by atoms with Crippen LogP contribution in [-0.2, 0) is 22.3 Å². The molecule has 2 amide bonds. The molecule has 2 N–H and O–H groups in total. The summed E-state index contributed by atoms with van der Waals surface area (Å²) in [6.07, 6.45) is -4.05. The minimum atomic E-state index is -4.60. The van der Waals surface area contributed by atoms with Gasteiger partial charge in [-0.15, -0.1) is 0 Å². The summed E-state index contributed by atoms with van der Waals surface area (Å²) < 4.78 is 39.2. The number of nitrogens with one attached hydrogen (secondary N) is 2. The molecule has 0 atom stereocenters. The highest BCUT2D eigenvalue weighted by molar-refractivity contribution is 6.31. The fraction of sp³-hybridized carbons (Fsp3) is 0.263. The van der Waals surface area contributed by atoms with Crippen molar-refractivity contribution in [2.24, 2.45) is 5.41 Å². The smallest absolute Gasteiger partial charge is 0.351 e. The quantitative estimate of drug-likeness (QED) is 0.736. The summed E-state index contributed by atoms with van der Waals surface area (Å²) in [4.78, 5) is 25.0. The maximum absolute atomic E-state index is 13.1. The molecule has 2 aromatic carbocycles. The van der Waals surface area contributed by atoms with Crippen molar-refractivity contribution in [3.05, 3.63) is 64.7 Å². The van der Waals surface area contributed by atoms with Gasteiger partial charge in [-0.2, -0.15) is 13.2 Å². The summed E-state index contributed by atoms with van der Waals surface area (Å²) in [5.74, 6) is -1.26. The number of carbonyl (C=O) groups excluding carboxylic acids is 2. The summed E-state index contributed by atoms with van der Waals surface area (Å²) in [5.41, 5.74) is -1.98.